The number of fused-ring (bicyclic) bond motifs is 1. The van der Waals surface area contributed by atoms with Gasteiger partial charge in [0.25, 0.3) is 5.91 Å². The average molecular weight is 298 g/mol. The molecule has 0 bridgehead atoms. The van der Waals surface area contributed by atoms with Gasteiger partial charge in [-0.05, 0) is 35.9 Å². The van der Waals surface area contributed by atoms with Crippen LogP contribution in [0.3, 0.4) is 0 Å². The molecule has 0 saturated heterocycles. The third-order valence-corrected chi connectivity index (χ3v) is 3.11. The highest BCUT2D eigenvalue weighted by Crippen LogP contribution is 2.32. The highest BCUT2D eigenvalue weighted by Gasteiger charge is 2.15. The summed E-state index contributed by atoms with van der Waals surface area (Å²) in [5.74, 6) is 1.60. The minimum absolute atomic E-state index is 0.175. The molecule has 0 fully saturated rings. The molecule has 0 unspecified atom stereocenters. The molecule has 2 aromatic carbocycles. The summed E-state index contributed by atoms with van der Waals surface area (Å²) in [6, 6.07) is 12.3. The minimum Gasteiger partial charge on any atom is -0.497 e. The predicted molar refractivity (Wildman–Crippen MR) is 80.6 cm³/mol. The summed E-state index contributed by atoms with van der Waals surface area (Å²) in [6.07, 6.45) is 1.55. The topological polar surface area (TPSA) is 69.2 Å². The fraction of sp³-hybridized carbons (Fsp3) is 0.125. The molecule has 1 N–H and O–H groups in total. The summed E-state index contributed by atoms with van der Waals surface area (Å²) in [4.78, 5) is 12.0. The number of nitrogens with zero attached hydrogens (tertiary/aromatic N) is 1. The molecule has 6 nitrogen and oxygen atoms in total. The van der Waals surface area contributed by atoms with Crippen LogP contribution in [0.25, 0.3) is 0 Å². The Morgan fingerprint density at radius 1 is 1.23 bits per heavy atom. The van der Waals surface area contributed by atoms with E-state index in [0.717, 1.165) is 11.3 Å². The van der Waals surface area contributed by atoms with E-state index in [1.165, 1.54) is 0 Å². The summed E-state index contributed by atoms with van der Waals surface area (Å²) in [7, 11) is 1.59. The highest BCUT2D eigenvalue weighted by molar-refractivity contribution is 5.95. The Morgan fingerprint density at radius 2 is 2.09 bits per heavy atom. The lowest BCUT2D eigenvalue weighted by molar-refractivity contribution is 0.0954. The van der Waals surface area contributed by atoms with Crippen LogP contribution < -0.4 is 19.6 Å². The van der Waals surface area contributed by atoms with Crippen molar-refractivity contribution >= 4 is 12.1 Å². The Balaban J connectivity index is 1.65. The van der Waals surface area contributed by atoms with Crippen molar-refractivity contribution in [3.8, 4) is 17.2 Å². The minimum atomic E-state index is -0.322. The SMILES string of the molecule is COc1cccc(C=NNC(=O)c2ccc3c(c2)OCO3)c1. The van der Waals surface area contributed by atoms with Gasteiger partial charge in [0.05, 0.1) is 13.3 Å². The molecule has 3 rings (SSSR count). The first-order valence-corrected chi connectivity index (χ1v) is 6.63. The molecule has 0 radical (unpaired) electrons. The number of hydrazone groups is 1. The third-order valence-electron chi connectivity index (χ3n) is 3.11. The number of nitrogens with one attached hydrogen (secondary N) is 1. The number of ether oxygens (including phenoxy) is 3. The van der Waals surface area contributed by atoms with Gasteiger partial charge >= 0.3 is 0 Å². The fourth-order valence-electron chi connectivity index (χ4n) is 1.99. The molecular formula is C16H14N2O4. The third kappa shape index (κ3) is 3.01. The zero-order valence-electron chi connectivity index (χ0n) is 11.9. The summed E-state index contributed by atoms with van der Waals surface area (Å²) >= 11 is 0. The lowest BCUT2D eigenvalue weighted by Crippen LogP contribution is -2.17. The first-order chi connectivity index (χ1) is 10.8. The first-order valence-electron chi connectivity index (χ1n) is 6.63. The van der Waals surface area contributed by atoms with Gasteiger partial charge in [-0.1, -0.05) is 12.1 Å². The monoisotopic (exact) mass is 298 g/mol. The Morgan fingerprint density at radius 3 is 2.95 bits per heavy atom. The Labute approximate surface area is 127 Å². The van der Waals surface area contributed by atoms with Gasteiger partial charge in [-0.3, -0.25) is 4.79 Å². The van der Waals surface area contributed by atoms with Gasteiger partial charge < -0.3 is 14.2 Å². The standard InChI is InChI=1S/C16H14N2O4/c1-20-13-4-2-3-11(7-13)9-17-18-16(19)12-5-6-14-15(8-12)22-10-21-14/h2-9H,10H2,1H3,(H,18,19). The molecular weight excluding hydrogens is 284 g/mol. The summed E-state index contributed by atoms with van der Waals surface area (Å²) in [5.41, 5.74) is 3.74. The van der Waals surface area contributed by atoms with Crippen LogP contribution >= 0.6 is 0 Å². The van der Waals surface area contributed by atoms with Gasteiger partial charge in [-0.2, -0.15) is 5.10 Å². The molecule has 1 aliphatic heterocycles. The Hall–Kier alpha value is -3.02. The number of carbonyl (C=O) groups excluding carboxylic acids is 1. The van der Waals surface area contributed by atoms with Crippen LogP contribution in [0.4, 0.5) is 0 Å². The molecule has 22 heavy (non-hydrogen) atoms. The quantitative estimate of drug-likeness (QED) is 0.694. The van der Waals surface area contributed by atoms with E-state index in [1.807, 2.05) is 24.3 Å². The average Bonchev–Trinajstić information content (AvgIpc) is 3.02. The van der Waals surface area contributed by atoms with Crippen molar-refractivity contribution < 1.29 is 19.0 Å². The summed E-state index contributed by atoms with van der Waals surface area (Å²) < 4.78 is 15.6. The Bertz CT molecular complexity index is 728. The maximum absolute atomic E-state index is 12.0. The lowest BCUT2D eigenvalue weighted by Gasteiger charge is -2.02. The van der Waals surface area contributed by atoms with E-state index in [9.17, 15) is 4.79 Å². The van der Waals surface area contributed by atoms with Crippen LogP contribution in [-0.2, 0) is 0 Å². The maximum atomic E-state index is 12.0. The van der Waals surface area contributed by atoms with Gasteiger partial charge in [0, 0.05) is 5.56 Å². The van der Waals surface area contributed by atoms with Gasteiger partial charge in [-0.25, -0.2) is 5.43 Å². The van der Waals surface area contributed by atoms with Crippen molar-refractivity contribution in [3.05, 3.63) is 53.6 Å². The summed E-state index contributed by atoms with van der Waals surface area (Å²) in [6.45, 7) is 0.175. The van der Waals surface area contributed by atoms with Gasteiger partial charge in [0.15, 0.2) is 11.5 Å². The zero-order chi connectivity index (χ0) is 15.4. The molecule has 1 heterocycles. The van der Waals surface area contributed by atoms with Gasteiger partial charge in [0.2, 0.25) is 6.79 Å². The van der Waals surface area contributed by atoms with Crippen molar-refractivity contribution in [2.45, 2.75) is 0 Å². The smallest absolute Gasteiger partial charge is 0.271 e. The van der Waals surface area contributed by atoms with Crippen LogP contribution in [0.15, 0.2) is 47.6 Å². The van der Waals surface area contributed by atoms with E-state index in [-0.39, 0.29) is 12.7 Å². The van der Waals surface area contributed by atoms with Crippen LogP contribution in [0.2, 0.25) is 0 Å². The largest absolute Gasteiger partial charge is 0.497 e. The van der Waals surface area contributed by atoms with Crippen LogP contribution in [0.5, 0.6) is 17.2 Å². The van der Waals surface area contributed by atoms with E-state index in [0.29, 0.717) is 17.1 Å². The maximum Gasteiger partial charge on any atom is 0.271 e. The van der Waals surface area contributed by atoms with Crippen molar-refractivity contribution in [3.63, 3.8) is 0 Å². The van der Waals surface area contributed by atoms with E-state index in [1.54, 1.807) is 31.5 Å². The molecule has 0 aliphatic carbocycles. The van der Waals surface area contributed by atoms with Crippen molar-refractivity contribution in [2.75, 3.05) is 13.9 Å². The normalized spacial score (nSPS) is 12.4. The van der Waals surface area contributed by atoms with Crippen LogP contribution in [0.1, 0.15) is 15.9 Å². The number of benzene rings is 2. The summed E-state index contributed by atoms with van der Waals surface area (Å²) in [5, 5.41) is 3.93. The first kappa shape index (κ1) is 13.9. The predicted octanol–water partition coefficient (Wildman–Crippen LogP) is 2.19. The van der Waals surface area contributed by atoms with Crippen LogP contribution in [-0.4, -0.2) is 26.0 Å². The highest BCUT2D eigenvalue weighted by atomic mass is 16.7. The molecule has 0 aromatic heterocycles. The van der Waals surface area contributed by atoms with E-state index < -0.39 is 0 Å². The van der Waals surface area contributed by atoms with Crippen molar-refractivity contribution in [2.24, 2.45) is 5.10 Å². The lowest BCUT2D eigenvalue weighted by atomic mass is 10.2. The van der Waals surface area contributed by atoms with E-state index in [2.05, 4.69) is 10.5 Å². The zero-order valence-corrected chi connectivity index (χ0v) is 11.9. The molecule has 0 spiro atoms. The molecule has 6 heteroatoms. The molecule has 112 valence electrons. The van der Waals surface area contributed by atoms with E-state index >= 15 is 0 Å². The number of rotatable bonds is 4. The molecule has 1 amide bonds. The number of amides is 1. The number of hydrogen-bond donors (Lipinski definition) is 1. The molecule has 1 aliphatic rings. The Kier molecular flexibility index (Phi) is 3.91. The second-order valence-electron chi connectivity index (χ2n) is 4.54. The molecule has 0 atom stereocenters. The van der Waals surface area contributed by atoms with Crippen LogP contribution in [0, 0.1) is 0 Å². The number of hydrogen-bond acceptors (Lipinski definition) is 5. The molecule has 2 aromatic rings. The van der Waals surface area contributed by atoms with E-state index in [4.69, 9.17) is 14.2 Å². The second kappa shape index (κ2) is 6.17. The fourth-order valence-corrected chi connectivity index (χ4v) is 1.99. The molecule has 0 saturated carbocycles. The van der Waals surface area contributed by atoms with Crippen molar-refractivity contribution in [1.82, 2.24) is 5.43 Å². The number of methoxy groups -OCH3 is 1. The van der Waals surface area contributed by atoms with Crippen molar-refractivity contribution in [1.29, 1.82) is 0 Å². The number of carbonyl (C=O) groups is 1. The van der Waals surface area contributed by atoms with Gasteiger partial charge in [-0.15, -0.1) is 0 Å². The van der Waals surface area contributed by atoms with Gasteiger partial charge in [0.1, 0.15) is 5.75 Å². The second-order valence-corrected chi connectivity index (χ2v) is 4.54.